The van der Waals surface area contributed by atoms with Gasteiger partial charge in [-0.1, -0.05) is 0 Å². The molecular formula is C51H59F3N20O11. The molecule has 0 bridgehead atoms. The summed E-state index contributed by atoms with van der Waals surface area (Å²) in [5.41, 5.74) is 0.949. The van der Waals surface area contributed by atoms with Crippen molar-refractivity contribution in [1.29, 1.82) is 0 Å². The molecule has 7 heterocycles. The maximum absolute atomic E-state index is 13.6. The summed E-state index contributed by atoms with van der Waals surface area (Å²) in [5.74, 6) is -7.32. The fourth-order valence-electron chi connectivity index (χ4n) is 8.26. The third kappa shape index (κ3) is 16.4. The van der Waals surface area contributed by atoms with E-state index in [1.807, 2.05) is 0 Å². The van der Waals surface area contributed by atoms with E-state index in [0.29, 0.717) is 15.9 Å². The molecule has 0 aromatic carbocycles. The second kappa shape index (κ2) is 26.8. The molecule has 0 saturated heterocycles. The molecule has 0 aliphatic carbocycles. The number of ether oxygens (including phenoxy) is 1. The Labute approximate surface area is 480 Å². The summed E-state index contributed by atoms with van der Waals surface area (Å²) in [7, 11) is 9.36. The molecule has 7 aromatic rings. The van der Waals surface area contributed by atoms with E-state index in [2.05, 4.69) is 67.8 Å². The molecule has 0 atom stereocenters. The molecule has 0 unspecified atom stereocenters. The molecule has 85 heavy (non-hydrogen) atoms. The van der Waals surface area contributed by atoms with Crippen molar-refractivity contribution >= 4 is 93.6 Å². The van der Waals surface area contributed by atoms with Gasteiger partial charge in [0.05, 0.1) is 23.7 Å². The van der Waals surface area contributed by atoms with E-state index in [1.165, 1.54) is 96.9 Å². The van der Waals surface area contributed by atoms with Crippen LogP contribution in [0.25, 0.3) is 0 Å². The first-order valence-corrected chi connectivity index (χ1v) is 25.8. The van der Waals surface area contributed by atoms with E-state index in [4.69, 9.17) is 4.74 Å². The topological polar surface area (TPSA) is 374 Å². The lowest BCUT2D eigenvalue weighted by Gasteiger charge is -2.10. The molecule has 0 saturated carbocycles. The Morgan fingerprint density at radius 2 is 0.929 bits per heavy atom. The Bertz CT molecular complexity index is 3710. The van der Waals surface area contributed by atoms with E-state index in [0.717, 1.165) is 6.20 Å². The van der Waals surface area contributed by atoms with Gasteiger partial charge in [0.25, 0.3) is 35.4 Å². The molecule has 0 aliphatic heterocycles. The van der Waals surface area contributed by atoms with E-state index < -0.39 is 83.5 Å². The number of amides is 9. The highest BCUT2D eigenvalue weighted by molar-refractivity contribution is 6.06. The highest BCUT2D eigenvalue weighted by Gasteiger charge is 2.32. The summed E-state index contributed by atoms with van der Waals surface area (Å²) in [4.78, 5) is 144. The number of nitrogens with zero attached hydrogens (tertiary/aromatic N) is 11. The number of carbonyl (C=O) groups is 10. The molecule has 0 radical (unpaired) electrons. The fraction of sp³-hybridized carbons (Fsp3) is 0.333. The zero-order chi connectivity index (χ0) is 61.9. The predicted molar refractivity (Wildman–Crippen MR) is 295 cm³/mol. The minimum atomic E-state index is -4.81. The summed E-state index contributed by atoms with van der Waals surface area (Å²) >= 11 is 0. The van der Waals surface area contributed by atoms with Crippen molar-refractivity contribution in [2.45, 2.75) is 45.3 Å². The monoisotopic (exact) mass is 1180 g/mol. The van der Waals surface area contributed by atoms with Gasteiger partial charge in [-0.15, -0.1) is 0 Å². The molecule has 7 aromatic heterocycles. The lowest BCUT2D eigenvalue weighted by molar-refractivity contribution is -0.140. The van der Waals surface area contributed by atoms with Crippen LogP contribution in [0.4, 0.5) is 47.7 Å². The number of aryl methyl sites for hydroxylation is 6. The number of halogens is 3. The van der Waals surface area contributed by atoms with Crippen LogP contribution in [0.3, 0.4) is 0 Å². The average Bonchev–Trinajstić information content (AvgIpc) is 4.49. The highest BCUT2D eigenvalue weighted by Crippen LogP contribution is 2.23. The number of anilines is 6. The summed E-state index contributed by atoms with van der Waals surface area (Å²) < 4.78 is 54.9. The van der Waals surface area contributed by atoms with Gasteiger partial charge >= 0.3 is 12.1 Å². The SMILES string of the molecule is CCOC(=O)c1nc(NC(=O)c2cc(NC(=O)CCNC(=O)c3nc(NC(=O)CCCNC(=O)c4cc(NC(=O)c5nc(NC(=O)CCNC(=O)c6cc(NC(=O)c7nccn7C)cn6C)cn5CC(F)(F)F)cn4C)cn3C)cn2C)cn1C. The van der Waals surface area contributed by atoms with Gasteiger partial charge in [0.15, 0.2) is 23.3 Å². The number of hydrogen-bond acceptors (Lipinski definition) is 15. The number of rotatable bonds is 25. The Morgan fingerprint density at radius 1 is 0.471 bits per heavy atom. The smallest absolute Gasteiger partial charge is 0.406 e. The molecule has 31 nitrogen and oxygen atoms in total. The zero-order valence-corrected chi connectivity index (χ0v) is 46.8. The zero-order valence-electron chi connectivity index (χ0n) is 46.8. The van der Waals surface area contributed by atoms with Crippen LogP contribution in [-0.2, 0) is 68.0 Å². The fourth-order valence-corrected chi connectivity index (χ4v) is 8.26. The molecule has 0 aliphatic rings. The van der Waals surface area contributed by atoms with Gasteiger partial charge in [0, 0.05) is 131 Å². The maximum atomic E-state index is 13.6. The minimum absolute atomic E-state index is 0.00284. The lowest BCUT2D eigenvalue weighted by atomic mass is 10.3. The summed E-state index contributed by atoms with van der Waals surface area (Å²) in [6, 6.07) is 4.10. The molecule has 0 fully saturated rings. The summed E-state index contributed by atoms with van der Waals surface area (Å²) in [6.07, 6.45) is 5.80. The molecule has 0 spiro atoms. The van der Waals surface area contributed by atoms with Crippen molar-refractivity contribution in [3.63, 3.8) is 0 Å². The Hall–Kier alpha value is -10.8. The predicted octanol–water partition coefficient (Wildman–Crippen LogP) is 2.26. The first kappa shape index (κ1) is 61.8. The van der Waals surface area contributed by atoms with Crippen molar-refractivity contribution < 1.29 is 65.9 Å². The maximum Gasteiger partial charge on any atom is 0.406 e. The van der Waals surface area contributed by atoms with E-state index in [-0.39, 0.29) is 104 Å². The number of imidazole rings is 4. The molecular weight excluding hydrogens is 1130 g/mol. The van der Waals surface area contributed by atoms with Crippen LogP contribution in [-0.4, -0.2) is 143 Å². The number of nitrogens with one attached hydrogen (secondary N) is 9. The van der Waals surface area contributed by atoms with Gasteiger partial charge in [-0.3, -0.25) is 43.2 Å². The number of alkyl halides is 3. The standard InChI is InChI=1S/C51H59F3N20O11/c1-8-85-50(84)43-66-35(25-73(43)7)67-46(80)33-18-28(21-71(33)5)59-38(76)11-15-58-47(81)41-64-34(24-72(41)6)62-37(75)10-9-13-56-44(78)31-20-30(23-69(31)3)61-49(83)42-65-36(26-74(42)27-51(52,53)54)63-39(77)12-14-57-45(79)32-19-29(22-70(32)4)60-48(82)40-55-16-17-68(40)2/h16-26H,8-15,27H2,1-7H3,(H,56,78)(H,57,79)(H,58,81)(H,59,76)(H,60,82)(H,61,83)(H,62,75)(H,63,77)(H,67,80). The molecule has 450 valence electrons. The van der Waals surface area contributed by atoms with Gasteiger partial charge in [0.1, 0.15) is 23.6 Å². The van der Waals surface area contributed by atoms with Gasteiger partial charge in [0.2, 0.25) is 35.2 Å². The van der Waals surface area contributed by atoms with Crippen LogP contribution < -0.4 is 47.9 Å². The van der Waals surface area contributed by atoms with Gasteiger partial charge in [-0.25, -0.2) is 24.7 Å². The number of aromatic nitrogens is 11. The molecule has 34 heteroatoms. The van der Waals surface area contributed by atoms with Gasteiger partial charge in [-0.05, 0) is 31.5 Å². The summed E-state index contributed by atoms with van der Waals surface area (Å²) in [5, 5.41) is 23.0. The van der Waals surface area contributed by atoms with E-state index >= 15 is 0 Å². The van der Waals surface area contributed by atoms with Crippen molar-refractivity contribution in [1.82, 2.24) is 67.9 Å². The number of carbonyl (C=O) groups excluding carboxylic acids is 10. The van der Waals surface area contributed by atoms with E-state index in [1.54, 1.807) is 41.3 Å². The third-order valence-electron chi connectivity index (χ3n) is 12.2. The number of hydrogen-bond donors (Lipinski definition) is 9. The first-order chi connectivity index (χ1) is 40.2. The summed E-state index contributed by atoms with van der Waals surface area (Å²) in [6.45, 7) is -0.146. The average molecular weight is 1190 g/mol. The first-order valence-electron chi connectivity index (χ1n) is 25.8. The van der Waals surface area contributed by atoms with Crippen LogP contribution >= 0.6 is 0 Å². The van der Waals surface area contributed by atoms with Crippen LogP contribution in [0.2, 0.25) is 0 Å². The second-order valence-electron chi connectivity index (χ2n) is 18.9. The van der Waals surface area contributed by atoms with Crippen LogP contribution in [0.1, 0.15) is 107 Å². The van der Waals surface area contributed by atoms with Gasteiger partial charge in [-0.2, -0.15) is 13.2 Å². The Balaban J connectivity index is 0.813. The second-order valence-corrected chi connectivity index (χ2v) is 18.9. The Kier molecular flexibility index (Phi) is 19.5. The van der Waals surface area contributed by atoms with Crippen molar-refractivity contribution in [3.8, 4) is 0 Å². The largest absolute Gasteiger partial charge is 0.460 e. The van der Waals surface area contributed by atoms with Crippen molar-refractivity contribution in [3.05, 3.63) is 108 Å². The minimum Gasteiger partial charge on any atom is -0.460 e. The molecule has 9 amide bonds. The molecule has 9 N–H and O–H groups in total. The normalized spacial score (nSPS) is 11.1. The van der Waals surface area contributed by atoms with E-state index in [9.17, 15) is 61.1 Å². The van der Waals surface area contributed by atoms with Crippen molar-refractivity contribution in [2.75, 3.05) is 58.1 Å². The third-order valence-corrected chi connectivity index (χ3v) is 12.2. The highest BCUT2D eigenvalue weighted by atomic mass is 19.4. The van der Waals surface area contributed by atoms with Crippen molar-refractivity contribution in [2.24, 2.45) is 42.3 Å². The van der Waals surface area contributed by atoms with Crippen LogP contribution in [0, 0.1) is 0 Å². The van der Waals surface area contributed by atoms with Crippen LogP contribution in [0.5, 0.6) is 0 Å². The quantitative estimate of drug-likeness (QED) is 0.0293. The van der Waals surface area contributed by atoms with Crippen LogP contribution in [0.15, 0.2) is 67.8 Å². The molecule has 7 rings (SSSR count). The lowest BCUT2D eigenvalue weighted by Crippen LogP contribution is -2.29. The Morgan fingerprint density at radius 3 is 1.48 bits per heavy atom. The number of esters is 1. The van der Waals surface area contributed by atoms with Gasteiger partial charge < -0.3 is 84.6 Å².